The summed E-state index contributed by atoms with van der Waals surface area (Å²) in [4.78, 5) is 20.6. The Bertz CT molecular complexity index is 706. The molecule has 2 aromatic rings. The maximum Gasteiger partial charge on any atom is 0.274 e. The van der Waals surface area contributed by atoms with Gasteiger partial charge in [-0.2, -0.15) is 0 Å². The fourth-order valence-corrected chi connectivity index (χ4v) is 2.00. The van der Waals surface area contributed by atoms with Gasteiger partial charge in [0.2, 0.25) is 0 Å². The van der Waals surface area contributed by atoms with Gasteiger partial charge in [0.1, 0.15) is 23.2 Å². The Labute approximate surface area is 132 Å². The van der Waals surface area contributed by atoms with Crippen LogP contribution in [0, 0.1) is 12.7 Å². The number of nitrogens with one attached hydrogen (secondary N) is 2. The molecule has 0 bridgehead atoms. The third-order valence-electron chi connectivity index (χ3n) is 2.68. The lowest BCUT2D eigenvalue weighted by Crippen LogP contribution is -2.17. The van der Waals surface area contributed by atoms with Gasteiger partial charge in [-0.15, -0.1) is 0 Å². The summed E-state index contributed by atoms with van der Waals surface area (Å²) >= 11 is 5.69. The Morgan fingerprint density at radius 1 is 1.27 bits per heavy atom. The van der Waals surface area contributed by atoms with Crippen LogP contribution in [0.2, 0.25) is 5.02 Å². The molecule has 0 saturated heterocycles. The summed E-state index contributed by atoms with van der Waals surface area (Å²) in [6.45, 7) is 5.65. The Morgan fingerprint density at radius 2 is 2.00 bits per heavy atom. The number of anilines is 2. The van der Waals surface area contributed by atoms with Crippen molar-refractivity contribution in [2.24, 2.45) is 0 Å². The van der Waals surface area contributed by atoms with Crippen LogP contribution in [0.15, 0.2) is 24.3 Å². The Morgan fingerprint density at radius 3 is 2.64 bits per heavy atom. The first-order valence-electron chi connectivity index (χ1n) is 6.74. The van der Waals surface area contributed by atoms with Gasteiger partial charge in [-0.3, -0.25) is 4.79 Å². The van der Waals surface area contributed by atoms with E-state index in [0.29, 0.717) is 17.3 Å². The first-order chi connectivity index (χ1) is 10.3. The number of nitrogens with zero attached hydrogens (tertiary/aromatic N) is 2. The van der Waals surface area contributed by atoms with E-state index >= 15 is 0 Å². The fourth-order valence-electron chi connectivity index (χ4n) is 1.82. The van der Waals surface area contributed by atoms with Gasteiger partial charge in [0, 0.05) is 17.8 Å². The highest BCUT2D eigenvalue weighted by Gasteiger charge is 2.12. The predicted molar refractivity (Wildman–Crippen MR) is 84.9 cm³/mol. The van der Waals surface area contributed by atoms with Gasteiger partial charge in [-0.25, -0.2) is 14.4 Å². The normalized spacial score (nSPS) is 10.6. The summed E-state index contributed by atoms with van der Waals surface area (Å²) < 4.78 is 13.1. The summed E-state index contributed by atoms with van der Waals surface area (Å²) in [5, 5.41) is 5.69. The van der Waals surface area contributed by atoms with Crippen LogP contribution in [0.1, 0.15) is 30.2 Å². The minimum absolute atomic E-state index is 0.0566. The average molecular weight is 323 g/mol. The van der Waals surface area contributed by atoms with Gasteiger partial charge < -0.3 is 10.6 Å². The summed E-state index contributed by atoms with van der Waals surface area (Å²) in [5.41, 5.74) is 0.613. The first-order valence-corrected chi connectivity index (χ1v) is 7.11. The summed E-state index contributed by atoms with van der Waals surface area (Å²) in [6, 6.07) is 5.71. The standard InChI is InChI=1S/C15H16ClFN4O/c1-8(2)18-14-7-13(19-9(3)20-14)15(22)21-10-4-5-12(17)11(16)6-10/h4-8H,1-3H3,(H,21,22)(H,18,19,20). The molecule has 0 aliphatic rings. The van der Waals surface area contributed by atoms with Gasteiger partial charge in [0.15, 0.2) is 0 Å². The van der Waals surface area contributed by atoms with E-state index in [4.69, 9.17) is 11.6 Å². The number of carbonyl (C=O) groups excluding carboxylic acids is 1. The zero-order chi connectivity index (χ0) is 16.3. The van der Waals surface area contributed by atoms with E-state index in [0.717, 1.165) is 0 Å². The number of rotatable bonds is 4. The van der Waals surface area contributed by atoms with Crippen LogP contribution in [-0.4, -0.2) is 21.9 Å². The van der Waals surface area contributed by atoms with Crippen LogP contribution in [0.3, 0.4) is 0 Å². The van der Waals surface area contributed by atoms with E-state index in [9.17, 15) is 9.18 Å². The molecule has 0 aliphatic heterocycles. The minimum Gasteiger partial charge on any atom is -0.368 e. The van der Waals surface area contributed by atoms with Gasteiger partial charge in [0.05, 0.1) is 5.02 Å². The van der Waals surface area contributed by atoms with Crippen LogP contribution in [0.4, 0.5) is 15.9 Å². The smallest absolute Gasteiger partial charge is 0.274 e. The lowest BCUT2D eigenvalue weighted by Gasteiger charge is -2.11. The molecule has 0 unspecified atom stereocenters. The molecule has 22 heavy (non-hydrogen) atoms. The van der Waals surface area contributed by atoms with Crippen molar-refractivity contribution in [3.05, 3.63) is 46.6 Å². The van der Waals surface area contributed by atoms with Crippen LogP contribution >= 0.6 is 11.6 Å². The van der Waals surface area contributed by atoms with E-state index in [1.54, 1.807) is 13.0 Å². The van der Waals surface area contributed by atoms with E-state index in [2.05, 4.69) is 20.6 Å². The summed E-state index contributed by atoms with van der Waals surface area (Å²) in [6.07, 6.45) is 0. The van der Waals surface area contributed by atoms with Crippen molar-refractivity contribution >= 4 is 29.0 Å². The number of amides is 1. The second-order valence-corrected chi connectivity index (χ2v) is 5.47. The van der Waals surface area contributed by atoms with E-state index in [1.165, 1.54) is 18.2 Å². The molecular weight excluding hydrogens is 307 g/mol. The van der Waals surface area contributed by atoms with Crippen molar-refractivity contribution in [3.8, 4) is 0 Å². The SMILES string of the molecule is Cc1nc(NC(C)C)cc(C(=O)Nc2ccc(F)c(Cl)c2)n1. The number of aryl methyl sites for hydroxylation is 1. The monoisotopic (exact) mass is 322 g/mol. The second-order valence-electron chi connectivity index (χ2n) is 5.07. The molecule has 0 aliphatic carbocycles. The Hall–Kier alpha value is -2.21. The van der Waals surface area contributed by atoms with Crippen molar-refractivity contribution < 1.29 is 9.18 Å². The maximum atomic E-state index is 13.1. The number of carbonyl (C=O) groups is 1. The molecule has 0 radical (unpaired) electrons. The molecule has 0 fully saturated rings. The molecular formula is C15H16ClFN4O. The lowest BCUT2D eigenvalue weighted by atomic mass is 10.3. The molecule has 1 aromatic carbocycles. The second kappa shape index (κ2) is 6.70. The highest BCUT2D eigenvalue weighted by atomic mass is 35.5. The molecule has 2 N–H and O–H groups in total. The number of aromatic nitrogens is 2. The van der Waals surface area contributed by atoms with Crippen LogP contribution in [-0.2, 0) is 0 Å². The number of hydrogen-bond donors (Lipinski definition) is 2. The summed E-state index contributed by atoms with van der Waals surface area (Å²) in [5.74, 6) is 0.0960. The molecule has 0 saturated carbocycles. The van der Waals surface area contributed by atoms with Crippen molar-refractivity contribution in [1.82, 2.24) is 9.97 Å². The lowest BCUT2D eigenvalue weighted by molar-refractivity contribution is 0.102. The van der Waals surface area contributed by atoms with E-state index in [1.807, 2.05) is 13.8 Å². The highest BCUT2D eigenvalue weighted by Crippen LogP contribution is 2.20. The van der Waals surface area contributed by atoms with Gasteiger partial charge >= 0.3 is 0 Å². The molecule has 5 nitrogen and oxygen atoms in total. The first kappa shape index (κ1) is 16.2. The Kier molecular flexibility index (Phi) is 4.92. The molecule has 0 spiro atoms. The number of benzene rings is 1. The third-order valence-corrected chi connectivity index (χ3v) is 2.97. The van der Waals surface area contributed by atoms with Crippen molar-refractivity contribution in [2.75, 3.05) is 10.6 Å². The van der Waals surface area contributed by atoms with Crippen LogP contribution in [0.5, 0.6) is 0 Å². The van der Waals surface area contributed by atoms with Gasteiger partial charge in [-0.05, 0) is 39.0 Å². The highest BCUT2D eigenvalue weighted by molar-refractivity contribution is 6.31. The largest absolute Gasteiger partial charge is 0.368 e. The van der Waals surface area contributed by atoms with Crippen molar-refractivity contribution in [2.45, 2.75) is 26.8 Å². The molecule has 1 aromatic heterocycles. The van der Waals surface area contributed by atoms with Crippen molar-refractivity contribution in [3.63, 3.8) is 0 Å². The predicted octanol–water partition coefficient (Wildman–Crippen LogP) is 3.65. The molecule has 1 heterocycles. The third kappa shape index (κ3) is 4.14. The average Bonchev–Trinajstić information content (AvgIpc) is 2.41. The zero-order valence-electron chi connectivity index (χ0n) is 12.4. The van der Waals surface area contributed by atoms with Crippen LogP contribution < -0.4 is 10.6 Å². The molecule has 0 atom stereocenters. The molecule has 116 valence electrons. The minimum atomic E-state index is -0.541. The van der Waals surface area contributed by atoms with Crippen LogP contribution in [0.25, 0.3) is 0 Å². The molecule has 1 amide bonds. The van der Waals surface area contributed by atoms with Gasteiger partial charge in [-0.1, -0.05) is 11.6 Å². The van der Waals surface area contributed by atoms with E-state index in [-0.39, 0.29) is 16.8 Å². The zero-order valence-corrected chi connectivity index (χ0v) is 13.2. The number of hydrogen-bond acceptors (Lipinski definition) is 4. The maximum absolute atomic E-state index is 13.1. The van der Waals surface area contributed by atoms with Gasteiger partial charge in [0.25, 0.3) is 5.91 Å². The topological polar surface area (TPSA) is 66.9 Å². The molecule has 7 heteroatoms. The van der Waals surface area contributed by atoms with Crippen molar-refractivity contribution in [1.29, 1.82) is 0 Å². The molecule has 2 rings (SSSR count). The quantitative estimate of drug-likeness (QED) is 0.901. The number of halogens is 2. The fraction of sp³-hybridized carbons (Fsp3) is 0.267. The Balaban J connectivity index is 2.21. The summed E-state index contributed by atoms with van der Waals surface area (Å²) in [7, 11) is 0. The van der Waals surface area contributed by atoms with E-state index < -0.39 is 11.7 Å².